The molecule has 3 N–H and O–H groups in total. The lowest BCUT2D eigenvalue weighted by Crippen LogP contribution is -2.40. The van der Waals surface area contributed by atoms with Crippen molar-refractivity contribution in [2.75, 3.05) is 6.54 Å². The third-order valence-electron chi connectivity index (χ3n) is 2.87. The molecule has 1 saturated heterocycles. The van der Waals surface area contributed by atoms with Crippen LogP contribution in [0.1, 0.15) is 24.4 Å². The summed E-state index contributed by atoms with van der Waals surface area (Å²) >= 11 is 0. The zero-order chi connectivity index (χ0) is 10.7. The van der Waals surface area contributed by atoms with Crippen LogP contribution < -0.4 is 11.1 Å². The number of nitrogens with zero attached hydrogens (tertiary/aromatic N) is 1. The van der Waals surface area contributed by atoms with Gasteiger partial charge in [-0.1, -0.05) is 6.07 Å². The number of nitrogens with two attached hydrogens (primary N) is 1. The van der Waals surface area contributed by atoms with Gasteiger partial charge in [-0.2, -0.15) is 0 Å². The zero-order valence-corrected chi connectivity index (χ0v) is 8.52. The molecule has 80 valence electrons. The molecular weight excluding hydrogens is 190 g/mol. The number of pyridine rings is 1. The predicted octanol–water partition coefficient (Wildman–Crippen LogP) is 0.608. The fourth-order valence-electron chi connectivity index (χ4n) is 2.11. The molecule has 0 saturated carbocycles. The normalized spacial score (nSPS) is 26.1. The van der Waals surface area contributed by atoms with E-state index in [2.05, 4.69) is 10.3 Å². The Morgan fingerprint density at radius 3 is 3.13 bits per heavy atom. The van der Waals surface area contributed by atoms with E-state index in [0.29, 0.717) is 0 Å². The quantitative estimate of drug-likeness (QED) is 0.743. The van der Waals surface area contributed by atoms with Crippen LogP contribution in [0.15, 0.2) is 24.5 Å². The fraction of sp³-hybridized carbons (Fsp3) is 0.455. The summed E-state index contributed by atoms with van der Waals surface area (Å²) in [6.45, 7) is 0.934. The molecule has 1 aromatic heterocycles. The van der Waals surface area contributed by atoms with Gasteiger partial charge in [0.05, 0.1) is 5.92 Å². The van der Waals surface area contributed by atoms with Gasteiger partial charge in [-0.05, 0) is 31.0 Å². The molecule has 1 aliphatic heterocycles. The number of primary amides is 1. The SMILES string of the molecule is NC(=O)C1CCCNC1c1cccnc1. The smallest absolute Gasteiger partial charge is 0.222 e. The first-order valence-corrected chi connectivity index (χ1v) is 5.21. The highest BCUT2D eigenvalue weighted by Gasteiger charge is 2.30. The summed E-state index contributed by atoms with van der Waals surface area (Å²) in [6, 6.07) is 3.89. The molecule has 1 amide bonds. The second-order valence-corrected chi connectivity index (χ2v) is 3.87. The monoisotopic (exact) mass is 205 g/mol. The van der Waals surface area contributed by atoms with Crippen molar-refractivity contribution in [2.45, 2.75) is 18.9 Å². The first-order chi connectivity index (χ1) is 7.29. The Morgan fingerprint density at radius 1 is 1.60 bits per heavy atom. The lowest BCUT2D eigenvalue weighted by atomic mass is 9.86. The van der Waals surface area contributed by atoms with E-state index in [0.717, 1.165) is 24.9 Å². The van der Waals surface area contributed by atoms with Crippen LogP contribution in [-0.2, 0) is 4.79 Å². The molecule has 2 unspecified atom stereocenters. The number of carbonyl (C=O) groups excluding carboxylic acids is 1. The third-order valence-corrected chi connectivity index (χ3v) is 2.87. The highest BCUT2D eigenvalue weighted by Crippen LogP contribution is 2.28. The number of hydrogen-bond acceptors (Lipinski definition) is 3. The van der Waals surface area contributed by atoms with Gasteiger partial charge in [0.15, 0.2) is 0 Å². The molecule has 1 aliphatic rings. The number of hydrogen-bond donors (Lipinski definition) is 2. The molecule has 2 rings (SSSR count). The van der Waals surface area contributed by atoms with Crippen LogP contribution in [0.5, 0.6) is 0 Å². The summed E-state index contributed by atoms with van der Waals surface area (Å²) < 4.78 is 0. The van der Waals surface area contributed by atoms with Crippen molar-refractivity contribution in [3.8, 4) is 0 Å². The van der Waals surface area contributed by atoms with Crippen molar-refractivity contribution in [3.05, 3.63) is 30.1 Å². The standard InChI is InChI=1S/C11H15N3O/c12-11(15)9-4-2-6-14-10(9)8-3-1-5-13-7-8/h1,3,5,7,9-10,14H,2,4,6H2,(H2,12,15). The van der Waals surface area contributed by atoms with Crippen molar-refractivity contribution in [1.29, 1.82) is 0 Å². The average molecular weight is 205 g/mol. The van der Waals surface area contributed by atoms with Crippen molar-refractivity contribution in [2.24, 2.45) is 11.7 Å². The Bertz CT molecular complexity index is 339. The Labute approximate surface area is 88.9 Å². The number of piperidine rings is 1. The number of rotatable bonds is 2. The lowest BCUT2D eigenvalue weighted by Gasteiger charge is -2.30. The zero-order valence-electron chi connectivity index (χ0n) is 8.52. The molecule has 4 heteroatoms. The van der Waals surface area contributed by atoms with Gasteiger partial charge >= 0.3 is 0 Å². The molecule has 0 aromatic carbocycles. The van der Waals surface area contributed by atoms with Crippen LogP contribution in [-0.4, -0.2) is 17.4 Å². The van der Waals surface area contributed by atoms with Crippen LogP contribution in [0, 0.1) is 5.92 Å². The molecule has 1 fully saturated rings. The Morgan fingerprint density at radius 2 is 2.47 bits per heavy atom. The van der Waals surface area contributed by atoms with E-state index in [1.54, 1.807) is 12.4 Å². The minimum atomic E-state index is -0.226. The van der Waals surface area contributed by atoms with Gasteiger partial charge < -0.3 is 11.1 Å². The summed E-state index contributed by atoms with van der Waals surface area (Å²) in [6.07, 6.45) is 5.39. The van der Waals surface area contributed by atoms with Gasteiger partial charge in [0.25, 0.3) is 0 Å². The molecule has 2 atom stereocenters. The van der Waals surface area contributed by atoms with Gasteiger partial charge in [0, 0.05) is 18.4 Å². The average Bonchev–Trinajstić information content (AvgIpc) is 2.30. The molecule has 15 heavy (non-hydrogen) atoms. The van der Waals surface area contributed by atoms with E-state index in [-0.39, 0.29) is 17.9 Å². The maximum absolute atomic E-state index is 11.3. The molecule has 0 spiro atoms. The number of carbonyl (C=O) groups is 1. The van der Waals surface area contributed by atoms with Gasteiger partial charge in [-0.3, -0.25) is 9.78 Å². The summed E-state index contributed by atoms with van der Waals surface area (Å²) in [5.41, 5.74) is 6.44. The first kappa shape index (κ1) is 10.1. The molecule has 0 radical (unpaired) electrons. The van der Waals surface area contributed by atoms with Crippen LogP contribution in [0.25, 0.3) is 0 Å². The van der Waals surface area contributed by atoms with E-state index in [4.69, 9.17) is 5.73 Å². The number of amides is 1. The summed E-state index contributed by atoms with van der Waals surface area (Å²) in [5.74, 6) is -0.334. The van der Waals surface area contributed by atoms with Gasteiger partial charge in [-0.25, -0.2) is 0 Å². The van der Waals surface area contributed by atoms with E-state index < -0.39 is 0 Å². The van der Waals surface area contributed by atoms with E-state index >= 15 is 0 Å². The predicted molar refractivity (Wildman–Crippen MR) is 56.9 cm³/mol. The van der Waals surface area contributed by atoms with Crippen LogP contribution in [0.3, 0.4) is 0 Å². The largest absolute Gasteiger partial charge is 0.369 e. The topological polar surface area (TPSA) is 68.0 Å². The Kier molecular flexibility index (Phi) is 2.97. The summed E-state index contributed by atoms with van der Waals surface area (Å²) in [4.78, 5) is 15.4. The van der Waals surface area contributed by atoms with Crippen molar-refractivity contribution >= 4 is 5.91 Å². The van der Waals surface area contributed by atoms with Gasteiger partial charge in [0.1, 0.15) is 0 Å². The lowest BCUT2D eigenvalue weighted by molar-refractivity contribution is -0.123. The van der Waals surface area contributed by atoms with Crippen LogP contribution in [0.4, 0.5) is 0 Å². The van der Waals surface area contributed by atoms with E-state index in [1.165, 1.54) is 0 Å². The highest BCUT2D eigenvalue weighted by molar-refractivity contribution is 5.77. The molecule has 0 aliphatic carbocycles. The van der Waals surface area contributed by atoms with Crippen LogP contribution in [0.2, 0.25) is 0 Å². The first-order valence-electron chi connectivity index (χ1n) is 5.21. The second kappa shape index (κ2) is 4.40. The minimum absolute atomic E-state index is 0.0324. The van der Waals surface area contributed by atoms with Crippen molar-refractivity contribution in [3.63, 3.8) is 0 Å². The van der Waals surface area contributed by atoms with E-state index in [9.17, 15) is 4.79 Å². The maximum Gasteiger partial charge on any atom is 0.222 e. The van der Waals surface area contributed by atoms with E-state index in [1.807, 2.05) is 12.1 Å². The molecule has 2 heterocycles. The summed E-state index contributed by atoms with van der Waals surface area (Å²) in [5, 5.41) is 3.33. The second-order valence-electron chi connectivity index (χ2n) is 3.87. The number of nitrogens with one attached hydrogen (secondary N) is 1. The number of aromatic nitrogens is 1. The molecular formula is C11H15N3O. The van der Waals surface area contributed by atoms with Gasteiger partial charge in [0.2, 0.25) is 5.91 Å². The highest BCUT2D eigenvalue weighted by atomic mass is 16.1. The van der Waals surface area contributed by atoms with Gasteiger partial charge in [-0.15, -0.1) is 0 Å². The molecule has 1 aromatic rings. The molecule has 4 nitrogen and oxygen atoms in total. The fourth-order valence-corrected chi connectivity index (χ4v) is 2.11. The summed E-state index contributed by atoms with van der Waals surface area (Å²) in [7, 11) is 0. The Hall–Kier alpha value is -1.42. The minimum Gasteiger partial charge on any atom is -0.369 e. The van der Waals surface area contributed by atoms with Crippen LogP contribution >= 0.6 is 0 Å². The third kappa shape index (κ3) is 2.15. The Balaban J connectivity index is 2.22. The molecule has 0 bridgehead atoms. The van der Waals surface area contributed by atoms with Crippen molar-refractivity contribution < 1.29 is 4.79 Å². The van der Waals surface area contributed by atoms with Crippen molar-refractivity contribution in [1.82, 2.24) is 10.3 Å². The maximum atomic E-state index is 11.3.